The standard InChI is InChI=1S/C22H25ClN4O3S/c1-2-27-20-8-4-3-7-19(20)25-21(27)14-24-22(28)16-6-5-13-26(15-16)31(29,30)18-11-9-17(23)10-12-18/h3-4,7-12,16H,2,5-6,13-15H2,1H3,(H,24,28). The molecule has 2 heterocycles. The summed E-state index contributed by atoms with van der Waals surface area (Å²) in [6.07, 6.45) is 1.29. The minimum atomic E-state index is -3.66. The third-order valence-corrected chi connectivity index (χ3v) is 7.81. The summed E-state index contributed by atoms with van der Waals surface area (Å²) in [7, 11) is -3.66. The van der Waals surface area contributed by atoms with Gasteiger partial charge in [-0.05, 0) is 56.2 Å². The van der Waals surface area contributed by atoms with Gasteiger partial charge in [-0.3, -0.25) is 4.79 Å². The zero-order chi connectivity index (χ0) is 22.0. The van der Waals surface area contributed by atoms with Gasteiger partial charge in [-0.15, -0.1) is 0 Å². The highest BCUT2D eigenvalue weighted by Crippen LogP contribution is 2.25. The average Bonchev–Trinajstić information content (AvgIpc) is 3.15. The predicted molar refractivity (Wildman–Crippen MR) is 120 cm³/mol. The van der Waals surface area contributed by atoms with E-state index in [0.29, 0.717) is 31.0 Å². The molecule has 7 nitrogen and oxygen atoms in total. The lowest BCUT2D eigenvalue weighted by atomic mass is 9.99. The Bertz CT molecular complexity index is 1190. The first-order chi connectivity index (χ1) is 14.9. The Labute approximate surface area is 187 Å². The largest absolute Gasteiger partial charge is 0.349 e. The van der Waals surface area contributed by atoms with Crippen LogP contribution in [0.25, 0.3) is 11.0 Å². The number of rotatable bonds is 6. The Balaban J connectivity index is 1.44. The van der Waals surface area contributed by atoms with E-state index in [4.69, 9.17) is 11.6 Å². The van der Waals surface area contributed by atoms with Crippen LogP contribution in [0.3, 0.4) is 0 Å². The van der Waals surface area contributed by atoms with Crippen molar-refractivity contribution in [2.24, 2.45) is 5.92 Å². The van der Waals surface area contributed by atoms with Crippen molar-refractivity contribution in [3.05, 3.63) is 59.4 Å². The number of halogens is 1. The SMILES string of the molecule is CCn1c(CNC(=O)C2CCCN(S(=O)(=O)c3ccc(Cl)cc3)C2)nc2ccccc21. The quantitative estimate of drug-likeness (QED) is 0.610. The van der Waals surface area contributed by atoms with E-state index >= 15 is 0 Å². The van der Waals surface area contributed by atoms with Crippen LogP contribution in [0.1, 0.15) is 25.6 Å². The molecule has 4 rings (SSSR count). The minimum absolute atomic E-state index is 0.147. The molecular weight excluding hydrogens is 436 g/mol. The first-order valence-electron chi connectivity index (χ1n) is 10.4. The molecule has 1 amide bonds. The average molecular weight is 461 g/mol. The van der Waals surface area contributed by atoms with E-state index in [1.807, 2.05) is 31.2 Å². The second kappa shape index (κ2) is 8.98. The highest BCUT2D eigenvalue weighted by Gasteiger charge is 2.33. The normalized spacial score (nSPS) is 17.7. The maximum atomic E-state index is 13.0. The summed E-state index contributed by atoms with van der Waals surface area (Å²) in [5.74, 6) is 0.250. The van der Waals surface area contributed by atoms with E-state index in [2.05, 4.69) is 14.9 Å². The third kappa shape index (κ3) is 4.46. The molecule has 1 fully saturated rings. The van der Waals surface area contributed by atoms with Crippen LogP contribution >= 0.6 is 11.6 Å². The zero-order valence-corrected chi connectivity index (χ0v) is 18.9. The molecule has 1 unspecified atom stereocenters. The van der Waals surface area contributed by atoms with Gasteiger partial charge in [0, 0.05) is 24.7 Å². The summed E-state index contributed by atoms with van der Waals surface area (Å²) >= 11 is 5.88. The van der Waals surface area contributed by atoms with Crippen LogP contribution in [0.4, 0.5) is 0 Å². The molecule has 164 valence electrons. The molecule has 0 bridgehead atoms. The number of sulfonamides is 1. The van der Waals surface area contributed by atoms with Crippen molar-refractivity contribution in [2.75, 3.05) is 13.1 Å². The van der Waals surface area contributed by atoms with Crippen LogP contribution in [-0.2, 0) is 27.9 Å². The summed E-state index contributed by atoms with van der Waals surface area (Å²) in [6, 6.07) is 14.0. The second-order valence-electron chi connectivity index (χ2n) is 7.63. The van der Waals surface area contributed by atoms with Gasteiger partial charge in [0.25, 0.3) is 0 Å². The van der Waals surface area contributed by atoms with Crippen molar-refractivity contribution >= 4 is 38.6 Å². The van der Waals surface area contributed by atoms with E-state index in [0.717, 1.165) is 23.4 Å². The summed E-state index contributed by atoms with van der Waals surface area (Å²) in [5, 5.41) is 3.44. The van der Waals surface area contributed by atoms with Crippen molar-refractivity contribution < 1.29 is 13.2 Å². The number of imidazole rings is 1. The number of carbonyl (C=O) groups is 1. The fourth-order valence-electron chi connectivity index (χ4n) is 4.05. The summed E-state index contributed by atoms with van der Waals surface area (Å²) in [4.78, 5) is 17.7. The molecular formula is C22H25ClN4O3S. The van der Waals surface area contributed by atoms with Gasteiger partial charge >= 0.3 is 0 Å². The molecule has 31 heavy (non-hydrogen) atoms. The van der Waals surface area contributed by atoms with Crippen LogP contribution in [0.15, 0.2) is 53.4 Å². The number of aryl methyl sites for hydroxylation is 1. The van der Waals surface area contributed by atoms with E-state index < -0.39 is 15.9 Å². The molecule has 1 aliphatic heterocycles. The highest BCUT2D eigenvalue weighted by atomic mass is 35.5. The third-order valence-electron chi connectivity index (χ3n) is 5.68. The van der Waals surface area contributed by atoms with Gasteiger partial charge in [-0.2, -0.15) is 4.31 Å². The number of fused-ring (bicyclic) bond motifs is 1. The number of nitrogens with one attached hydrogen (secondary N) is 1. The fraction of sp³-hybridized carbons (Fsp3) is 0.364. The van der Waals surface area contributed by atoms with Crippen LogP contribution in [-0.4, -0.2) is 41.3 Å². The highest BCUT2D eigenvalue weighted by molar-refractivity contribution is 7.89. The van der Waals surface area contributed by atoms with Gasteiger partial charge in [-0.1, -0.05) is 23.7 Å². The Morgan fingerprint density at radius 3 is 2.68 bits per heavy atom. The summed E-state index contributed by atoms with van der Waals surface area (Å²) < 4.78 is 29.4. The van der Waals surface area contributed by atoms with E-state index in [9.17, 15) is 13.2 Å². The van der Waals surface area contributed by atoms with Gasteiger partial charge < -0.3 is 9.88 Å². The molecule has 1 N–H and O–H groups in total. The second-order valence-corrected chi connectivity index (χ2v) is 10.0. The maximum absolute atomic E-state index is 13.0. The Morgan fingerprint density at radius 1 is 1.19 bits per heavy atom. The molecule has 2 aromatic carbocycles. The number of hydrogen-bond donors (Lipinski definition) is 1. The predicted octanol–water partition coefficient (Wildman–Crippen LogP) is 3.43. The number of aromatic nitrogens is 2. The first-order valence-corrected chi connectivity index (χ1v) is 12.2. The molecule has 1 saturated heterocycles. The molecule has 0 aliphatic carbocycles. The fourth-order valence-corrected chi connectivity index (χ4v) is 5.70. The molecule has 0 spiro atoms. The van der Waals surface area contributed by atoms with Crippen LogP contribution < -0.4 is 5.32 Å². The molecule has 0 radical (unpaired) electrons. The Hall–Kier alpha value is -2.42. The van der Waals surface area contributed by atoms with Gasteiger partial charge in [0.15, 0.2) is 0 Å². The monoisotopic (exact) mass is 460 g/mol. The first kappa shape index (κ1) is 21.8. The summed E-state index contributed by atoms with van der Waals surface area (Å²) in [6.45, 7) is 3.67. The summed E-state index contributed by atoms with van der Waals surface area (Å²) in [5.41, 5.74) is 1.93. The van der Waals surface area contributed by atoms with Crippen molar-refractivity contribution in [1.82, 2.24) is 19.2 Å². The van der Waals surface area contributed by atoms with Gasteiger partial charge in [0.05, 0.1) is 28.4 Å². The Kier molecular flexibility index (Phi) is 6.31. The number of amides is 1. The van der Waals surface area contributed by atoms with Crippen molar-refractivity contribution in [1.29, 1.82) is 0 Å². The van der Waals surface area contributed by atoms with Gasteiger partial charge in [0.2, 0.25) is 15.9 Å². The van der Waals surface area contributed by atoms with Gasteiger partial charge in [-0.25, -0.2) is 13.4 Å². The lowest BCUT2D eigenvalue weighted by Gasteiger charge is -2.31. The molecule has 1 aliphatic rings. The number of hydrogen-bond acceptors (Lipinski definition) is 4. The van der Waals surface area contributed by atoms with E-state index in [1.54, 1.807) is 12.1 Å². The molecule has 9 heteroatoms. The lowest BCUT2D eigenvalue weighted by molar-refractivity contribution is -0.126. The van der Waals surface area contributed by atoms with Gasteiger partial charge in [0.1, 0.15) is 5.82 Å². The van der Waals surface area contributed by atoms with Crippen LogP contribution in [0.2, 0.25) is 5.02 Å². The topological polar surface area (TPSA) is 84.3 Å². The number of para-hydroxylation sites is 2. The number of nitrogens with zero attached hydrogens (tertiary/aromatic N) is 3. The Morgan fingerprint density at radius 2 is 1.94 bits per heavy atom. The number of piperidine rings is 1. The molecule has 1 atom stereocenters. The smallest absolute Gasteiger partial charge is 0.243 e. The zero-order valence-electron chi connectivity index (χ0n) is 17.3. The number of carbonyl (C=O) groups excluding carboxylic acids is 1. The molecule has 1 aromatic heterocycles. The maximum Gasteiger partial charge on any atom is 0.243 e. The molecule has 3 aromatic rings. The number of benzene rings is 2. The van der Waals surface area contributed by atoms with E-state index in [1.165, 1.54) is 16.4 Å². The molecule has 0 saturated carbocycles. The minimum Gasteiger partial charge on any atom is -0.349 e. The van der Waals surface area contributed by atoms with E-state index in [-0.39, 0.29) is 17.3 Å². The van der Waals surface area contributed by atoms with Crippen molar-refractivity contribution in [2.45, 2.75) is 37.8 Å². The van der Waals surface area contributed by atoms with Crippen molar-refractivity contribution in [3.8, 4) is 0 Å². The van der Waals surface area contributed by atoms with Crippen LogP contribution in [0, 0.1) is 5.92 Å². The van der Waals surface area contributed by atoms with Crippen LogP contribution in [0.5, 0.6) is 0 Å². The van der Waals surface area contributed by atoms with Crippen molar-refractivity contribution in [3.63, 3.8) is 0 Å². The lowest BCUT2D eigenvalue weighted by Crippen LogP contribution is -2.45.